The van der Waals surface area contributed by atoms with Crippen LogP contribution in [0, 0.1) is 5.82 Å². The summed E-state index contributed by atoms with van der Waals surface area (Å²) in [6.07, 6.45) is -6.37. The first-order chi connectivity index (χ1) is 13.3. The Morgan fingerprint density at radius 1 is 1.11 bits per heavy atom. The number of para-hydroxylation sites is 1. The van der Waals surface area contributed by atoms with Gasteiger partial charge in [0.25, 0.3) is 0 Å². The summed E-state index contributed by atoms with van der Waals surface area (Å²) in [6, 6.07) is 9.67. The van der Waals surface area contributed by atoms with Crippen molar-refractivity contribution >= 4 is 12.1 Å². The lowest BCUT2D eigenvalue weighted by Crippen LogP contribution is -2.21. The Bertz CT molecular complexity index is 1050. The van der Waals surface area contributed by atoms with Crippen LogP contribution in [0.1, 0.15) is 23.0 Å². The zero-order valence-electron chi connectivity index (χ0n) is 13.8. The summed E-state index contributed by atoms with van der Waals surface area (Å²) < 4.78 is 66.6. The molecule has 1 aliphatic heterocycles. The van der Waals surface area contributed by atoms with Crippen molar-refractivity contribution in [1.82, 2.24) is 4.98 Å². The molecular weight excluding hydrogens is 384 g/mol. The van der Waals surface area contributed by atoms with Crippen LogP contribution in [0.4, 0.5) is 28.4 Å². The molecule has 1 atom stereocenters. The quantitative estimate of drug-likeness (QED) is 0.599. The second-order valence-corrected chi connectivity index (χ2v) is 5.76. The minimum Gasteiger partial charge on any atom is -0.456 e. The summed E-state index contributed by atoms with van der Waals surface area (Å²) in [5.41, 5.74) is 0.860. The van der Waals surface area contributed by atoms with Gasteiger partial charge in [-0.1, -0.05) is 18.2 Å². The number of carbonyl (C=O) groups is 1. The maximum atomic E-state index is 13.5. The number of alkyl halides is 3. The Kier molecular flexibility index (Phi) is 4.17. The van der Waals surface area contributed by atoms with E-state index in [0.717, 1.165) is 6.07 Å². The maximum absolute atomic E-state index is 13.5. The third-order valence-corrected chi connectivity index (χ3v) is 3.90. The lowest BCUT2D eigenvalue weighted by molar-refractivity contribution is -0.152. The van der Waals surface area contributed by atoms with Crippen molar-refractivity contribution in [2.75, 3.05) is 5.32 Å². The molecular formula is C18H10F4N2O4. The number of benzene rings is 2. The summed E-state index contributed by atoms with van der Waals surface area (Å²) in [4.78, 5) is 15.5. The van der Waals surface area contributed by atoms with Gasteiger partial charge in [-0.25, -0.2) is 19.5 Å². The fraction of sp³-hybridized carbons (Fsp3) is 0.111. The van der Waals surface area contributed by atoms with Crippen molar-refractivity contribution in [3.05, 3.63) is 71.4 Å². The second-order valence-electron chi connectivity index (χ2n) is 5.76. The Morgan fingerprint density at radius 3 is 2.61 bits per heavy atom. The van der Waals surface area contributed by atoms with Crippen molar-refractivity contribution in [1.29, 1.82) is 0 Å². The van der Waals surface area contributed by atoms with E-state index >= 15 is 0 Å². The molecule has 1 unspecified atom stereocenters. The normalized spacial score (nSPS) is 15.2. The Morgan fingerprint density at radius 2 is 1.86 bits per heavy atom. The van der Waals surface area contributed by atoms with Gasteiger partial charge in [-0.3, -0.25) is 0 Å². The number of carbonyl (C=O) groups excluding carboxylic acids is 1. The van der Waals surface area contributed by atoms with Crippen LogP contribution in [0.2, 0.25) is 0 Å². The van der Waals surface area contributed by atoms with Crippen LogP contribution in [0.3, 0.4) is 0 Å². The first-order valence-corrected chi connectivity index (χ1v) is 7.88. The summed E-state index contributed by atoms with van der Waals surface area (Å²) in [7, 11) is 0. The third-order valence-electron chi connectivity index (χ3n) is 3.90. The molecule has 0 radical (unpaired) electrons. The third kappa shape index (κ3) is 3.36. The van der Waals surface area contributed by atoms with E-state index in [1.54, 1.807) is 24.3 Å². The smallest absolute Gasteiger partial charge is 0.451 e. The zero-order chi connectivity index (χ0) is 19.9. The van der Waals surface area contributed by atoms with Crippen molar-refractivity contribution in [3.8, 4) is 11.5 Å². The van der Waals surface area contributed by atoms with Gasteiger partial charge in [0.2, 0.25) is 5.76 Å². The minimum absolute atomic E-state index is 0.159. The molecule has 1 amide bonds. The molecule has 0 spiro atoms. The number of nitrogens with zero attached hydrogens (tertiary/aromatic N) is 1. The zero-order valence-corrected chi connectivity index (χ0v) is 13.8. The number of fused-ring (bicyclic) bond motifs is 2. The fourth-order valence-electron chi connectivity index (χ4n) is 2.70. The molecule has 10 heteroatoms. The molecule has 3 aromatic rings. The van der Waals surface area contributed by atoms with Crippen molar-refractivity contribution < 1.29 is 36.2 Å². The van der Waals surface area contributed by atoms with Crippen molar-refractivity contribution in [3.63, 3.8) is 0 Å². The van der Waals surface area contributed by atoms with E-state index in [2.05, 4.69) is 9.40 Å². The highest BCUT2D eigenvalue weighted by Crippen LogP contribution is 2.44. The van der Waals surface area contributed by atoms with Gasteiger partial charge >= 0.3 is 18.3 Å². The largest absolute Gasteiger partial charge is 0.456 e. The maximum Gasteiger partial charge on any atom is 0.451 e. The summed E-state index contributed by atoms with van der Waals surface area (Å²) in [5.74, 6) is -1.39. The van der Waals surface area contributed by atoms with Crippen LogP contribution < -0.4 is 10.1 Å². The summed E-state index contributed by atoms with van der Waals surface area (Å²) >= 11 is 0. The van der Waals surface area contributed by atoms with E-state index in [-0.39, 0.29) is 5.75 Å². The van der Waals surface area contributed by atoms with Gasteiger partial charge < -0.3 is 13.9 Å². The molecule has 2 heterocycles. The minimum atomic E-state index is -4.74. The molecule has 4 rings (SSSR count). The molecule has 144 valence electrons. The molecule has 0 saturated carbocycles. The van der Waals surface area contributed by atoms with Gasteiger partial charge in [-0.15, -0.1) is 0 Å². The number of hydrogen-bond acceptors (Lipinski definition) is 5. The lowest BCUT2D eigenvalue weighted by Gasteiger charge is -2.27. The molecule has 6 nitrogen and oxygen atoms in total. The van der Waals surface area contributed by atoms with E-state index in [9.17, 15) is 22.4 Å². The number of nitrogens with one attached hydrogen (secondary N) is 1. The van der Waals surface area contributed by atoms with Crippen LogP contribution in [0.25, 0.3) is 0 Å². The van der Waals surface area contributed by atoms with Crippen LogP contribution in [0.5, 0.6) is 11.5 Å². The van der Waals surface area contributed by atoms with Crippen LogP contribution in [-0.4, -0.2) is 11.1 Å². The molecule has 1 aromatic heterocycles. The predicted molar refractivity (Wildman–Crippen MR) is 86.4 cm³/mol. The summed E-state index contributed by atoms with van der Waals surface area (Å²) in [6.45, 7) is 0. The Hall–Kier alpha value is -3.56. The van der Waals surface area contributed by atoms with Gasteiger partial charge in [0.15, 0.2) is 6.10 Å². The van der Waals surface area contributed by atoms with Crippen LogP contribution in [-0.2, 0) is 10.9 Å². The van der Waals surface area contributed by atoms with Gasteiger partial charge in [0.05, 0.1) is 6.20 Å². The number of ether oxygens (including phenoxy) is 2. The van der Waals surface area contributed by atoms with E-state index in [0.29, 0.717) is 23.1 Å². The first-order valence-electron chi connectivity index (χ1n) is 7.88. The van der Waals surface area contributed by atoms with Gasteiger partial charge in [0.1, 0.15) is 17.3 Å². The first kappa shape index (κ1) is 17.8. The van der Waals surface area contributed by atoms with Crippen LogP contribution in [0.15, 0.2) is 53.1 Å². The highest BCUT2D eigenvalue weighted by molar-refractivity contribution is 5.82. The van der Waals surface area contributed by atoms with Gasteiger partial charge in [-0.2, -0.15) is 13.2 Å². The average molecular weight is 394 g/mol. The second kappa shape index (κ2) is 6.55. The summed E-state index contributed by atoms with van der Waals surface area (Å²) in [5, 5.41) is 2.00. The van der Waals surface area contributed by atoms with Crippen molar-refractivity contribution in [2.45, 2.75) is 12.3 Å². The highest BCUT2D eigenvalue weighted by atomic mass is 19.4. The van der Waals surface area contributed by atoms with E-state index in [1.165, 1.54) is 12.1 Å². The van der Waals surface area contributed by atoms with Crippen molar-refractivity contribution in [2.24, 2.45) is 0 Å². The van der Waals surface area contributed by atoms with E-state index in [4.69, 9.17) is 9.47 Å². The average Bonchev–Trinajstić information content (AvgIpc) is 3.10. The Balaban J connectivity index is 1.59. The molecule has 2 aromatic carbocycles. The standard InChI is InChI=1S/C18H10F4N2O4/c19-9-5-6-11-13(7-9)26-12-4-2-1-3-10(12)15(11)28-17(25)24-16-23-8-14(27-16)18(20,21)22/h1-8,15H,(H,23,24,25). The number of anilines is 1. The van der Waals surface area contributed by atoms with Gasteiger partial charge in [0, 0.05) is 17.2 Å². The Labute approximate surface area is 154 Å². The lowest BCUT2D eigenvalue weighted by atomic mass is 9.97. The molecule has 1 N–H and O–H groups in total. The van der Waals surface area contributed by atoms with Crippen LogP contribution >= 0.6 is 0 Å². The molecule has 0 fully saturated rings. The number of amides is 1. The molecule has 28 heavy (non-hydrogen) atoms. The number of rotatable bonds is 2. The fourth-order valence-corrected chi connectivity index (χ4v) is 2.70. The highest BCUT2D eigenvalue weighted by Gasteiger charge is 2.36. The monoisotopic (exact) mass is 394 g/mol. The number of oxazole rings is 1. The SMILES string of the molecule is O=C(Nc1ncc(C(F)(F)F)o1)OC1c2ccccc2Oc2cc(F)ccc21. The molecule has 0 saturated heterocycles. The number of hydrogen-bond donors (Lipinski definition) is 1. The molecule has 0 bridgehead atoms. The van der Waals surface area contributed by atoms with Gasteiger partial charge in [-0.05, 0) is 18.2 Å². The molecule has 0 aliphatic carbocycles. The molecule has 1 aliphatic rings. The topological polar surface area (TPSA) is 73.6 Å². The van der Waals surface area contributed by atoms with E-state index in [1.807, 2.05) is 5.32 Å². The number of halogens is 4. The van der Waals surface area contributed by atoms with E-state index < -0.39 is 36.0 Å². The predicted octanol–water partition coefficient (Wildman–Crippen LogP) is 5.28. The number of aromatic nitrogens is 1.